The molecule has 0 aliphatic heterocycles. The number of hydrogen-bond acceptors (Lipinski definition) is 1. The number of nitrogens with two attached hydrogens (primary N) is 1. The van der Waals surface area contributed by atoms with E-state index in [4.69, 9.17) is 5.73 Å². The summed E-state index contributed by atoms with van der Waals surface area (Å²) in [5.74, 6) is -1.09. The van der Waals surface area contributed by atoms with Crippen molar-refractivity contribution in [3.63, 3.8) is 0 Å². The van der Waals surface area contributed by atoms with Crippen LogP contribution in [-0.2, 0) is 6.18 Å². The monoisotopic (exact) mass is 248 g/mol. The molecule has 0 heterocycles. The molecule has 0 saturated carbocycles. The summed E-state index contributed by atoms with van der Waals surface area (Å²) in [4.78, 5) is 3.79. The molecule has 0 aliphatic carbocycles. The van der Waals surface area contributed by atoms with Gasteiger partial charge in [0.2, 0.25) is 0 Å². The molecule has 17 heavy (non-hydrogen) atoms. The van der Waals surface area contributed by atoms with Crippen LogP contribution >= 0.6 is 0 Å². The first-order chi connectivity index (χ1) is 7.84. The molecule has 0 amide bonds. The summed E-state index contributed by atoms with van der Waals surface area (Å²) < 4.78 is 50.1. The van der Waals surface area contributed by atoms with Gasteiger partial charge in [-0.2, -0.15) is 13.2 Å². The quantitative estimate of drug-likeness (QED) is 0.495. The van der Waals surface area contributed by atoms with Gasteiger partial charge < -0.3 is 5.73 Å². The van der Waals surface area contributed by atoms with Crippen molar-refractivity contribution in [1.29, 1.82) is 0 Å². The van der Waals surface area contributed by atoms with Gasteiger partial charge in [-0.3, -0.25) is 0 Å². The highest BCUT2D eigenvalue weighted by Crippen LogP contribution is 2.33. The Balaban J connectivity index is 3.09. The van der Waals surface area contributed by atoms with Crippen LogP contribution < -0.4 is 5.73 Å². The smallest absolute Gasteiger partial charge is 0.387 e. The highest BCUT2D eigenvalue weighted by atomic mass is 19.4. The molecule has 1 aromatic carbocycles. The second kappa shape index (κ2) is 5.16. The molecule has 0 unspecified atom stereocenters. The average molecular weight is 248 g/mol. The standard InChI is InChI=1S/C11H12F4N2/c1-2-3-10(16)17-7-4-5-9(12)8(6-7)11(13,14)15/h4-6H,2-3H2,1H3,(H2,16,17). The molecule has 0 atom stereocenters. The van der Waals surface area contributed by atoms with Gasteiger partial charge in [-0.15, -0.1) is 0 Å². The number of amidine groups is 1. The van der Waals surface area contributed by atoms with E-state index < -0.39 is 17.6 Å². The second-order valence-electron chi connectivity index (χ2n) is 3.52. The Morgan fingerprint density at radius 2 is 2.00 bits per heavy atom. The Morgan fingerprint density at radius 3 is 2.53 bits per heavy atom. The molecule has 0 saturated heterocycles. The van der Waals surface area contributed by atoms with Crippen LogP contribution in [0.1, 0.15) is 25.3 Å². The Hall–Kier alpha value is -1.59. The molecular formula is C11H12F4N2. The first-order valence-electron chi connectivity index (χ1n) is 5.04. The molecule has 6 heteroatoms. The van der Waals surface area contributed by atoms with Gasteiger partial charge in [0.1, 0.15) is 5.82 Å². The molecule has 0 bridgehead atoms. The Bertz CT molecular complexity index is 424. The summed E-state index contributed by atoms with van der Waals surface area (Å²) in [6, 6.07) is 2.55. The van der Waals surface area contributed by atoms with E-state index in [0.717, 1.165) is 18.6 Å². The van der Waals surface area contributed by atoms with Crippen molar-refractivity contribution in [3.05, 3.63) is 29.6 Å². The minimum absolute atomic E-state index is 0.00433. The van der Waals surface area contributed by atoms with Crippen molar-refractivity contribution in [2.75, 3.05) is 0 Å². The second-order valence-corrected chi connectivity index (χ2v) is 3.52. The third kappa shape index (κ3) is 3.72. The zero-order chi connectivity index (χ0) is 13.1. The number of benzene rings is 1. The lowest BCUT2D eigenvalue weighted by atomic mass is 10.2. The van der Waals surface area contributed by atoms with Crippen LogP contribution in [0, 0.1) is 5.82 Å². The van der Waals surface area contributed by atoms with E-state index >= 15 is 0 Å². The average Bonchev–Trinajstić information content (AvgIpc) is 2.19. The zero-order valence-electron chi connectivity index (χ0n) is 9.18. The lowest BCUT2D eigenvalue weighted by Gasteiger charge is -2.08. The first-order valence-corrected chi connectivity index (χ1v) is 5.04. The molecule has 1 rings (SSSR count). The fourth-order valence-corrected chi connectivity index (χ4v) is 1.28. The number of halogens is 4. The predicted octanol–water partition coefficient (Wildman–Crippen LogP) is 3.63. The first kappa shape index (κ1) is 13.5. The van der Waals surface area contributed by atoms with Gasteiger partial charge in [-0.05, 0) is 24.6 Å². The molecule has 0 fully saturated rings. The van der Waals surface area contributed by atoms with Gasteiger partial charge in [0.15, 0.2) is 0 Å². The zero-order valence-corrected chi connectivity index (χ0v) is 9.18. The number of alkyl halides is 3. The van der Waals surface area contributed by atoms with Crippen LogP contribution in [0.15, 0.2) is 23.2 Å². The van der Waals surface area contributed by atoms with E-state index in [1.54, 1.807) is 0 Å². The molecule has 0 radical (unpaired) electrons. The fourth-order valence-electron chi connectivity index (χ4n) is 1.28. The summed E-state index contributed by atoms with van der Waals surface area (Å²) >= 11 is 0. The van der Waals surface area contributed by atoms with Gasteiger partial charge in [0.25, 0.3) is 0 Å². The summed E-state index contributed by atoms with van der Waals surface area (Å²) in [6.07, 6.45) is -3.50. The molecule has 94 valence electrons. The highest BCUT2D eigenvalue weighted by molar-refractivity contribution is 5.83. The minimum Gasteiger partial charge on any atom is -0.387 e. The third-order valence-electron chi connectivity index (χ3n) is 2.03. The van der Waals surface area contributed by atoms with E-state index in [1.807, 2.05) is 6.92 Å². The number of nitrogens with zero attached hydrogens (tertiary/aromatic N) is 1. The van der Waals surface area contributed by atoms with Gasteiger partial charge in [-0.1, -0.05) is 6.92 Å². The molecule has 0 aromatic heterocycles. The summed E-state index contributed by atoms with van der Waals surface area (Å²) in [5.41, 5.74) is 4.16. The van der Waals surface area contributed by atoms with Crippen LogP contribution in [0.5, 0.6) is 0 Å². The maximum absolute atomic E-state index is 13.0. The van der Waals surface area contributed by atoms with Crippen LogP contribution in [-0.4, -0.2) is 5.84 Å². The molecule has 0 spiro atoms. The van der Waals surface area contributed by atoms with E-state index in [0.29, 0.717) is 12.5 Å². The van der Waals surface area contributed by atoms with Crippen molar-refractivity contribution in [1.82, 2.24) is 0 Å². The lowest BCUT2D eigenvalue weighted by molar-refractivity contribution is -0.139. The Labute approximate surface area is 96.2 Å². The number of aliphatic imine (C=N–C) groups is 1. The van der Waals surface area contributed by atoms with Crippen molar-refractivity contribution in [2.24, 2.45) is 10.7 Å². The van der Waals surface area contributed by atoms with Crippen molar-refractivity contribution < 1.29 is 17.6 Å². The maximum Gasteiger partial charge on any atom is 0.419 e. The lowest BCUT2D eigenvalue weighted by Crippen LogP contribution is -2.11. The maximum atomic E-state index is 13.0. The molecule has 2 N–H and O–H groups in total. The Morgan fingerprint density at radius 1 is 1.35 bits per heavy atom. The molecular weight excluding hydrogens is 236 g/mol. The summed E-state index contributed by atoms with van der Waals surface area (Å²) in [6.45, 7) is 1.87. The van der Waals surface area contributed by atoms with E-state index in [-0.39, 0.29) is 11.5 Å². The van der Waals surface area contributed by atoms with Gasteiger partial charge in [-0.25, -0.2) is 9.38 Å². The van der Waals surface area contributed by atoms with Crippen LogP contribution in [0.2, 0.25) is 0 Å². The fraction of sp³-hybridized carbons (Fsp3) is 0.364. The van der Waals surface area contributed by atoms with E-state index in [2.05, 4.69) is 4.99 Å². The SMILES string of the molecule is CCCC(N)=Nc1ccc(F)c(C(F)(F)F)c1. The predicted molar refractivity (Wildman–Crippen MR) is 57.6 cm³/mol. The number of rotatable bonds is 3. The van der Waals surface area contributed by atoms with Crippen molar-refractivity contribution in [2.45, 2.75) is 25.9 Å². The van der Waals surface area contributed by atoms with Gasteiger partial charge >= 0.3 is 6.18 Å². The summed E-state index contributed by atoms with van der Waals surface area (Å²) in [5, 5.41) is 0. The Kier molecular flexibility index (Phi) is 4.09. The third-order valence-corrected chi connectivity index (χ3v) is 2.03. The van der Waals surface area contributed by atoms with Crippen molar-refractivity contribution >= 4 is 11.5 Å². The minimum atomic E-state index is -4.73. The molecule has 2 nitrogen and oxygen atoms in total. The highest BCUT2D eigenvalue weighted by Gasteiger charge is 2.34. The normalized spacial score (nSPS) is 12.9. The van der Waals surface area contributed by atoms with Crippen LogP contribution in [0.25, 0.3) is 0 Å². The number of hydrogen-bond donors (Lipinski definition) is 1. The van der Waals surface area contributed by atoms with Crippen LogP contribution in [0.3, 0.4) is 0 Å². The largest absolute Gasteiger partial charge is 0.419 e. The van der Waals surface area contributed by atoms with E-state index in [1.165, 1.54) is 0 Å². The van der Waals surface area contributed by atoms with Crippen molar-refractivity contribution in [3.8, 4) is 0 Å². The van der Waals surface area contributed by atoms with Gasteiger partial charge in [0.05, 0.1) is 17.1 Å². The summed E-state index contributed by atoms with van der Waals surface area (Å²) in [7, 11) is 0. The molecule has 0 aliphatic rings. The molecule has 1 aromatic rings. The van der Waals surface area contributed by atoms with Crippen LogP contribution in [0.4, 0.5) is 23.2 Å². The topological polar surface area (TPSA) is 38.4 Å². The van der Waals surface area contributed by atoms with Gasteiger partial charge in [0, 0.05) is 6.42 Å². The van der Waals surface area contributed by atoms with E-state index in [9.17, 15) is 17.6 Å².